The molecular formula is C16H19N5S. The zero-order valence-corrected chi connectivity index (χ0v) is 13.7. The van der Waals surface area contributed by atoms with Gasteiger partial charge in [0.05, 0.1) is 10.2 Å². The summed E-state index contributed by atoms with van der Waals surface area (Å²) in [7, 11) is 5.92. The maximum absolute atomic E-state index is 4.52. The summed E-state index contributed by atoms with van der Waals surface area (Å²) in [5, 5.41) is 8.46. The summed E-state index contributed by atoms with van der Waals surface area (Å²) >= 11 is 1.65. The highest BCUT2D eigenvalue weighted by Gasteiger charge is 2.08. The van der Waals surface area contributed by atoms with Gasteiger partial charge in [0, 0.05) is 33.4 Å². The van der Waals surface area contributed by atoms with Crippen molar-refractivity contribution >= 4 is 39.0 Å². The van der Waals surface area contributed by atoms with Gasteiger partial charge in [-0.1, -0.05) is 12.1 Å². The fraction of sp³-hybridized carbons (Fsp3) is 0.250. The van der Waals surface area contributed by atoms with Gasteiger partial charge in [0.2, 0.25) is 5.95 Å². The quantitative estimate of drug-likeness (QED) is 0.756. The molecule has 114 valence electrons. The van der Waals surface area contributed by atoms with Crippen LogP contribution in [0.1, 0.15) is 5.56 Å². The molecule has 0 spiro atoms. The molecule has 6 heteroatoms. The highest BCUT2D eigenvalue weighted by Crippen LogP contribution is 2.27. The van der Waals surface area contributed by atoms with Crippen LogP contribution < -0.4 is 15.5 Å². The summed E-state index contributed by atoms with van der Waals surface area (Å²) < 4.78 is 1.09. The molecular weight excluding hydrogens is 294 g/mol. The third kappa shape index (κ3) is 2.96. The van der Waals surface area contributed by atoms with Crippen LogP contribution in [0.15, 0.2) is 35.7 Å². The van der Waals surface area contributed by atoms with Gasteiger partial charge in [-0.25, -0.2) is 4.98 Å². The standard InChI is InChI=1S/C16H19N5S/c1-17-16-19-13-8-9-22-14(13)15(20-16)18-10-11-4-6-12(7-5-11)21(2)3/h4-9H,10H2,1-3H3,(H2,17,18,19,20). The zero-order valence-electron chi connectivity index (χ0n) is 12.9. The minimum Gasteiger partial charge on any atom is -0.378 e. The molecule has 2 heterocycles. The van der Waals surface area contributed by atoms with E-state index in [0.29, 0.717) is 5.95 Å². The number of benzene rings is 1. The maximum Gasteiger partial charge on any atom is 0.225 e. The minimum absolute atomic E-state index is 0.636. The van der Waals surface area contributed by atoms with E-state index in [9.17, 15) is 0 Å². The first-order valence-corrected chi connectivity index (χ1v) is 7.98. The highest BCUT2D eigenvalue weighted by molar-refractivity contribution is 7.17. The number of hydrogen-bond donors (Lipinski definition) is 2. The van der Waals surface area contributed by atoms with E-state index in [1.165, 1.54) is 11.3 Å². The normalized spacial score (nSPS) is 10.7. The van der Waals surface area contributed by atoms with E-state index < -0.39 is 0 Å². The molecule has 0 unspecified atom stereocenters. The first kappa shape index (κ1) is 14.6. The van der Waals surface area contributed by atoms with Gasteiger partial charge in [-0.3, -0.25) is 0 Å². The lowest BCUT2D eigenvalue weighted by Crippen LogP contribution is -2.09. The Morgan fingerprint density at radius 3 is 2.55 bits per heavy atom. The molecule has 0 bridgehead atoms. The van der Waals surface area contributed by atoms with Crippen molar-refractivity contribution in [3.05, 3.63) is 41.3 Å². The van der Waals surface area contributed by atoms with Crippen molar-refractivity contribution in [2.75, 3.05) is 36.7 Å². The second-order valence-corrected chi connectivity index (χ2v) is 6.11. The van der Waals surface area contributed by atoms with Crippen LogP contribution in [0.25, 0.3) is 10.2 Å². The molecule has 0 aliphatic rings. The molecule has 22 heavy (non-hydrogen) atoms. The fourth-order valence-electron chi connectivity index (χ4n) is 2.19. The van der Waals surface area contributed by atoms with Crippen LogP contribution in [0, 0.1) is 0 Å². The van der Waals surface area contributed by atoms with Gasteiger partial charge in [-0.15, -0.1) is 11.3 Å². The summed E-state index contributed by atoms with van der Waals surface area (Å²) in [6.07, 6.45) is 0. The van der Waals surface area contributed by atoms with E-state index in [1.54, 1.807) is 11.3 Å². The van der Waals surface area contributed by atoms with Crippen molar-refractivity contribution in [3.8, 4) is 0 Å². The molecule has 1 aromatic carbocycles. The fourth-order valence-corrected chi connectivity index (χ4v) is 2.99. The number of rotatable bonds is 5. The van der Waals surface area contributed by atoms with Gasteiger partial charge in [-0.2, -0.15) is 4.98 Å². The SMILES string of the molecule is CNc1nc(NCc2ccc(N(C)C)cc2)c2sccc2n1. The van der Waals surface area contributed by atoms with Crippen LogP contribution in [0.2, 0.25) is 0 Å². The lowest BCUT2D eigenvalue weighted by molar-refractivity contribution is 1.09. The van der Waals surface area contributed by atoms with Crippen LogP contribution in [0.4, 0.5) is 17.5 Å². The molecule has 3 aromatic rings. The number of aromatic nitrogens is 2. The average molecular weight is 313 g/mol. The van der Waals surface area contributed by atoms with Crippen LogP contribution in [0.3, 0.4) is 0 Å². The third-order valence-corrected chi connectivity index (χ3v) is 4.35. The highest BCUT2D eigenvalue weighted by atomic mass is 32.1. The lowest BCUT2D eigenvalue weighted by Gasteiger charge is -2.13. The van der Waals surface area contributed by atoms with Crippen LogP contribution in [-0.2, 0) is 6.54 Å². The van der Waals surface area contributed by atoms with E-state index in [1.807, 2.05) is 32.6 Å². The van der Waals surface area contributed by atoms with Gasteiger partial charge in [-0.05, 0) is 29.1 Å². The Bertz CT molecular complexity index is 764. The summed E-state index contributed by atoms with van der Waals surface area (Å²) in [5.74, 6) is 1.51. The Labute approximate surface area is 134 Å². The Hall–Kier alpha value is -2.34. The summed E-state index contributed by atoms with van der Waals surface area (Å²) in [6.45, 7) is 0.737. The van der Waals surface area contributed by atoms with Crippen molar-refractivity contribution in [1.82, 2.24) is 9.97 Å². The molecule has 0 fully saturated rings. The molecule has 0 aliphatic carbocycles. The predicted molar refractivity (Wildman–Crippen MR) is 95.1 cm³/mol. The molecule has 0 atom stereocenters. The van der Waals surface area contributed by atoms with Crippen LogP contribution >= 0.6 is 11.3 Å². The lowest BCUT2D eigenvalue weighted by atomic mass is 10.2. The Morgan fingerprint density at radius 1 is 1.09 bits per heavy atom. The zero-order chi connectivity index (χ0) is 15.5. The summed E-state index contributed by atoms with van der Waals surface area (Å²) in [4.78, 5) is 11.1. The minimum atomic E-state index is 0.636. The molecule has 3 rings (SSSR count). The van der Waals surface area contributed by atoms with E-state index >= 15 is 0 Å². The first-order valence-electron chi connectivity index (χ1n) is 7.10. The number of hydrogen-bond acceptors (Lipinski definition) is 6. The Morgan fingerprint density at radius 2 is 1.86 bits per heavy atom. The van der Waals surface area contributed by atoms with Gasteiger partial charge in [0.15, 0.2) is 0 Å². The molecule has 0 amide bonds. The van der Waals surface area contributed by atoms with Gasteiger partial charge >= 0.3 is 0 Å². The second kappa shape index (κ2) is 6.19. The largest absolute Gasteiger partial charge is 0.378 e. The number of anilines is 3. The van der Waals surface area contributed by atoms with Gasteiger partial charge in [0.1, 0.15) is 5.82 Å². The van der Waals surface area contributed by atoms with E-state index in [2.05, 4.69) is 49.8 Å². The van der Waals surface area contributed by atoms with Gasteiger partial charge in [0.25, 0.3) is 0 Å². The topological polar surface area (TPSA) is 53.1 Å². The summed E-state index contributed by atoms with van der Waals surface area (Å²) in [5.41, 5.74) is 3.39. The first-order chi connectivity index (χ1) is 10.7. The number of nitrogens with one attached hydrogen (secondary N) is 2. The Balaban J connectivity index is 1.79. The molecule has 5 nitrogen and oxygen atoms in total. The smallest absolute Gasteiger partial charge is 0.225 e. The second-order valence-electron chi connectivity index (χ2n) is 5.20. The monoisotopic (exact) mass is 313 g/mol. The van der Waals surface area contributed by atoms with Crippen molar-refractivity contribution < 1.29 is 0 Å². The molecule has 0 radical (unpaired) electrons. The molecule has 2 N–H and O–H groups in total. The van der Waals surface area contributed by atoms with Crippen molar-refractivity contribution in [3.63, 3.8) is 0 Å². The molecule has 0 saturated heterocycles. The van der Waals surface area contributed by atoms with Crippen molar-refractivity contribution in [2.45, 2.75) is 6.54 Å². The molecule has 0 aliphatic heterocycles. The predicted octanol–water partition coefficient (Wildman–Crippen LogP) is 3.41. The Kier molecular flexibility index (Phi) is 4.11. The van der Waals surface area contributed by atoms with Crippen LogP contribution in [-0.4, -0.2) is 31.1 Å². The van der Waals surface area contributed by atoms with Gasteiger partial charge < -0.3 is 15.5 Å². The number of fused-ring (bicyclic) bond motifs is 1. The average Bonchev–Trinajstić information content (AvgIpc) is 3.01. The molecule has 0 saturated carbocycles. The van der Waals surface area contributed by atoms with E-state index in [4.69, 9.17) is 0 Å². The van der Waals surface area contributed by atoms with Crippen molar-refractivity contribution in [2.24, 2.45) is 0 Å². The van der Waals surface area contributed by atoms with Crippen molar-refractivity contribution in [1.29, 1.82) is 0 Å². The van der Waals surface area contributed by atoms with E-state index in [-0.39, 0.29) is 0 Å². The molecule has 2 aromatic heterocycles. The number of nitrogens with zero attached hydrogens (tertiary/aromatic N) is 3. The van der Waals surface area contributed by atoms with Crippen LogP contribution in [0.5, 0.6) is 0 Å². The van der Waals surface area contributed by atoms with E-state index in [0.717, 1.165) is 22.6 Å². The summed E-state index contributed by atoms with van der Waals surface area (Å²) in [6, 6.07) is 10.5. The number of thiophene rings is 1. The maximum atomic E-state index is 4.52. The third-order valence-electron chi connectivity index (χ3n) is 3.44.